The normalized spacial score (nSPS) is 13.3. The zero-order chi connectivity index (χ0) is 14.8. The Morgan fingerprint density at radius 2 is 0.667 bits per heavy atom. The molecule has 0 radical (unpaired) electrons. The summed E-state index contributed by atoms with van der Waals surface area (Å²) in [5, 5.41) is 0. The summed E-state index contributed by atoms with van der Waals surface area (Å²) in [7, 11) is 10.5. The van der Waals surface area contributed by atoms with Crippen LogP contribution in [0.15, 0.2) is 91.0 Å². The van der Waals surface area contributed by atoms with E-state index in [1.54, 1.807) is 0 Å². The van der Waals surface area contributed by atoms with E-state index >= 15 is 0 Å². The Morgan fingerprint density at radius 3 is 0.905 bits per heavy atom. The van der Waals surface area contributed by atoms with E-state index in [0.29, 0.717) is 0 Å². The Bertz CT molecular complexity index is 622. The molecule has 0 atom stereocenters. The van der Waals surface area contributed by atoms with Crippen LogP contribution >= 0.6 is 19.9 Å². The van der Waals surface area contributed by atoms with Crippen molar-refractivity contribution in [3.63, 3.8) is 0 Å². The third-order valence-electron chi connectivity index (χ3n) is 3.63. The van der Waals surface area contributed by atoms with Gasteiger partial charge in [-0.15, -0.1) is 0 Å². The summed E-state index contributed by atoms with van der Waals surface area (Å²) < 4.78 is 3.03. The van der Waals surface area contributed by atoms with Gasteiger partial charge in [-0.05, 0) is 0 Å². The van der Waals surface area contributed by atoms with Gasteiger partial charge in [0, 0.05) is 0 Å². The van der Waals surface area contributed by atoms with Crippen molar-refractivity contribution in [3.8, 4) is 0 Å². The summed E-state index contributed by atoms with van der Waals surface area (Å²) in [6.45, 7) is 0. The molecule has 0 fully saturated rings. The summed E-state index contributed by atoms with van der Waals surface area (Å²) in [5.41, 5.74) is 0. The van der Waals surface area contributed by atoms with Crippen molar-refractivity contribution in [2.75, 3.05) is 0 Å². The van der Waals surface area contributed by atoms with Gasteiger partial charge in [0.15, 0.2) is 0 Å². The van der Waals surface area contributed by atoms with Crippen molar-refractivity contribution in [2.45, 2.75) is 0 Å². The second-order valence-electron chi connectivity index (χ2n) is 4.91. The molecule has 0 aliphatic carbocycles. The Balaban J connectivity index is 2.36. The molecular formula is C18H15AsCl2. The monoisotopic (exact) mass is 376 g/mol. The molecule has 0 aliphatic heterocycles. The Kier molecular flexibility index (Phi) is 3.88. The van der Waals surface area contributed by atoms with Gasteiger partial charge in [-0.1, -0.05) is 0 Å². The molecule has 106 valence electrons. The minimum atomic E-state index is -4.09. The quantitative estimate of drug-likeness (QED) is 0.613. The number of hydrogen-bond donors (Lipinski definition) is 0. The topological polar surface area (TPSA) is 0 Å². The average Bonchev–Trinajstić information content (AvgIpc) is 2.57. The first kappa shape index (κ1) is 14.7. The fourth-order valence-corrected chi connectivity index (χ4v) is 12.3. The molecule has 0 saturated heterocycles. The van der Waals surface area contributed by atoms with Crippen LogP contribution in [-0.2, 0) is 0 Å². The zero-order valence-electron chi connectivity index (χ0n) is 11.4. The van der Waals surface area contributed by atoms with Gasteiger partial charge in [0.25, 0.3) is 0 Å². The maximum atomic E-state index is 7.32. The van der Waals surface area contributed by atoms with Crippen LogP contribution in [0.25, 0.3) is 0 Å². The number of benzene rings is 3. The van der Waals surface area contributed by atoms with E-state index in [4.69, 9.17) is 19.9 Å². The average molecular weight is 377 g/mol. The van der Waals surface area contributed by atoms with E-state index in [9.17, 15) is 0 Å². The van der Waals surface area contributed by atoms with E-state index in [1.165, 1.54) is 0 Å². The Labute approximate surface area is 134 Å². The minimum absolute atomic E-state index is 1.01. The van der Waals surface area contributed by atoms with E-state index in [1.807, 2.05) is 91.0 Å². The molecule has 3 aromatic carbocycles. The summed E-state index contributed by atoms with van der Waals surface area (Å²) in [6, 6.07) is 30.1. The molecule has 0 saturated carbocycles. The van der Waals surface area contributed by atoms with Crippen molar-refractivity contribution in [1.29, 1.82) is 0 Å². The molecule has 0 bridgehead atoms. The molecular weight excluding hydrogens is 362 g/mol. The molecule has 0 unspecified atom stereocenters. The predicted octanol–water partition coefficient (Wildman–Crippen LogP) is 3.58. The number of rotatable bonds is 3. The van der Waals surface area contributed by atoms with Crippen LogP contribution in [0.1, 0.15) is 0 Å². The third kappa shape index (κ3) is 2.42. The molecule has 0 spiro atoms. The summed E-state index contributed by atoms with van der Waals surface area (Å²) in [4.78, 5) is 0. The molecule has 3 heteroatoms. The van der Waals surface area contributed by atoms with Gasteiger partial charge in [-0.3, -0.25) is 0 Å². The summed E-state index contributed by atoms with van der Waals surface area (Å²) >= 11 is 0. The molecule has 0 N–H and O–H groups in total. The summed E-state index contributed by atoms with van der Waals surface area (Å²) in [6.07, 6.45) is 0. The van der Waals surface area contributed by atoms with Gasteiger partial charge in [0.2, 0.25) is 0 Å². The van der Waals surface area contributed by atoms with Gasteiger partial charge in [-0.25, -0.2) is 0 Å². The van der Waals surface area contributed by atoms with E-state index in [0.717, 1.165) is 13.1 Å². The zero-order valence-corrected chi connectivity index (χ0v) is 14.8. The second kappa shape index (κ2) is 5.54. The Hall–Kier alpha value is -1.20. The molecule has 0 nitrogen and oxygen atoms in total. The maximum absolute atomic E-state index is 7.32. The fraction of sp³-hybridized carbons (Fsp3) is 0. The SMILES string of the molecule is Cl[As](Cl)(c1ccccc1)(c1ccccc1)c1ccccc1. The predicted molar refractivity (Wildman–Crippen MR) is 95.7 cm³/mol. The van der Waals surface area contributed by atoms with Gasteiger partial charge < -0.3 is 0 Å². The molecule has 3 aromatic rings. The molecule has 0 heterocycles. The van der Waals surface area contributed by atoms with Crippen molar-refractivity contribution >= 4 is 43.5 Å². The van der Waals surface area contributed by atoms with Crippen LogP contribution in [0.4, 0.5) is 0 Å². The first-order valence-electron chi connectivity index (χ1n) is 6.74. The molecule has 21 heavy (non-hydrogen) atoms. The van der Waals surface area contributed by atoms with E-state index in [-0.39, 0.29) is 0 Å². The number of halogens is 2. The van der Waals surface area contributed by atoms with Crippen molar-refractivity contribution < 1.29 is 0 Å². The van der Waals surface area contributed by atoms with E-state index < -0.39 is 10.6 Å². The van der Waals surface area contributed by atoms with Crippen LogP contribution in [0.5, 0.6) is 0 Å². The molecule has 0 aliphatic rings. The fourth-order valence-electron chi connectivity index (χ4n) is 2.52. The van der Waals surface area contributed by atoms with Gasteiger partial charge in [0.05, 0.1) is 0 Å². The van der Waals surface area contributed by atoms with Crippen molar-refractivity contribution in [1.82, 2.24) is 0 Å². The third-order valence-corrected chi connectivity index (χ3v) is 17.3. The molecule has 0 amide bonds. The van der Waals surface area contributed by atoms with Crippen LogP contribution in [0.2, 0.25) is 0 Å². The van der Waals surface area contributed by atoms with Crippen LogP contribution < -0.4 is 13.1 Å². The van der Waals surface area contributed by atoms with Gasteiger partial charge in [-0.2, -0.15) is 0 Å². The molecule has 0 aromatic heterocycles. The molecule has 3 rings (SSSR count). The number of hydrogen-bond acceptors (Lipinski definition) is 0. The summed E-state index contributed by atoms with van der Waals surface area (Å²) in [5.74, 6) is 0. The van der Waals surface area contributed by atoms with E-state index in [2.05, 4.69) is 0 Å². The van der Waals surface area contributed by atoms with Gasteiger partial charge >= 0.3 is 135 Å². The van der Waals surface area contributed by atoms with Crippen LogP contribution in [-0.4, -0.2) is 10.6 Å². The van der Waals surface area contributed by atoms with Crippen molar-refractivity contribution in [2.24, 2.45) is 0 Å². The van der Waals surface area contributed by atoms with Crippen molar-refractivity contribution in [3.05, 3.63) is 91.0 Å². The van der Waals surface area contributed by atoms with Gasteiger partial charge in [0.1, 0.15) is 0 Å². The first-order chi connectivity index (χ1) is 10.1. The standard InChI is InChI=1S/C18H15AsCl2/c20-19(21,16-10-4-1-5-11-16,17-12-6-2-7-13-17)18-14-8-3-9-15-18/h1-15H. The van der Waals surface area contributed by atoms with Crippen LogP contribution in [0.3, 0.4) is 0 Å². The second-order valence-corrected chi connectivity index (χ2v) is 19.9. The Morgan fingerprint density at radius 1 is 0.429 bits per heavy atom. The van der Waals surface area contributed by atoms with Crippen LogP contribution in [0, 0.1) is 0 Å². The first-order valence-corrected chi connectivity index (χ1v) is 14.5.